The fourth-order valence-electron chi connectivity index (χ4n) is 2.45. The first-order valence-electron chi connectivity index (χ1n) is 6.03. The van der Waals surface area contributed by atoms with Gasteiger partial charge in [0.25, 0.3) is 0 Å². The second kappa shape index (κ2) is 4.85. The van der Waals surface area contributed by atoms with Gasteiger partial charge in [0.15, 0.2) is 0 Å². The molecule has 5 nitrogen and oxygen atoms in total. The number of hydrogen-bond donors (Lipinski definition) is 1. The second-order valence-corrected chi connectivity index (χ2v) is 9.63. The largest absolute Gasteiger partial charge is 0.311 e. The fourth-order valence-corrected chi connectivity index (χ4v) is 5.43. The lowest BCUT2D eigenvalue weighted by Crippen LogP contribution is -2.46. The molecule has 0 aromatic heterocycles. The van der Waals surface area contributed by atoms with Crippen LogP contribution in [0.2, 0.25) is 0 Å². The van der Waals surface area contributed by atoms with Gasteiger partial charge in [-0.15, -0.1) is 0 Å². The minimum absolute atomic E-state index is 0.240. The van der Waals surface area contributed by atoms with Crippen LogP contribution in [0.25, 0.3) is 0 Å². The summed E-state index contributed by atoms with van der Waals surface area (Å²) in [6.07, 6.45) is 2.63. The quantitative estimate of drug-likeness (QED) is 0.753. The maximum atomic E-state index is 11.3. The molecule has 0 aromatic rings. The molecular formula is C10H19NO4S2. The van der Waals surface area contributed by atoms with Crippen molar-refractivity contribution < 1.29 is 16.8 Å². The van der Waals surface area contributed by atoms with Crippen molar-refractivity contribution in [3.63, 3.8) is 0 Å². The average molecular weight is 281 g/mol. The summed E-state index contributed by atoms with van der Waals surface area (Å²) in [6, 6.07) is 0.480. The van der Waals surface area contributed by atoms with Gasteiger partial charge in [-0.05, 0) is 25.7 Å². The molecule has 0 spiro atoms. The molecule has 100 valence electrons. The van der Waals surface area contributed by atoms with Crippen molar-refractivity contribution in [1.29, 1.82) is 0 Å². The normalized spacial score (nSPS) is 30.1. The minimum Gasteiger partial charge on any atom is -0.311 e. The Bertz CT molecular complexity index is 397. The van der Waals surface area contributed by atoms with E-state index in [0.717, 1.165) is 0 Å². The Morgan fingerprint density at radius 3 is 1.24 bits per heavy atom. The molecule has 7 heteroatoms. The predicted octanol–water partition coefficient (Wildman–Crippen LogP) is -0.270. The Labute approximate surface area is 103 Å². The molecule has 2 saturated heterocycles. The van der Waals surface area contributed by atoms with Gasteiger partial charge in [-0.3, -0.25) is 0 Å². The van der Waals surface area contributed by atoms with E-state index in [9.17, 15) is 16.8 Å². The minimum atomic E-state index is -2.81. The van der Waals surface area contributed by atoms with Crippen LogP contribution in [0, 0.1) is 0 Å². The summed E-state index contributed by atoms with van der Waals surface area (Å²) in [6.45, 7) is 0. The van der Waals surface area contributed by atoms with Crippen LogP contribution in [0.5, 0.6) is 0 Å². The molecule has 0 atom stereocenters. The van der Waals surface area contributed by atoms with Gasteiger partial charge in [0, 0.05) is 12.1 Å². The van der Waals surface area contributed by atoms with Gasteiger partial charge in [0.2, 0.25) is 0 Å². The second-order valence-electron chi connectivity index (χ2n) is 5.02. The van der Waals surface area contributed by atoms with Crippen LogP contribution >= 0.6 is 0 Å². The third-order valence-corrected chi connectivity index (χ3v) is 7.01. The van der Waals surface area contributed by atoms with Gasteiger partial charge in [0.1, 0.15) is 19.7 Å². The zero-order valence-electron chi connectivity index (χ0n) is 9.76. The Morgan fingerprint density at radius 2 is 0.941 bits per heavy atom. The average Bonchev–Trinajstić information content (AvgIpc) is 2.24. The van der Waals surface area contributed by atoms with Gasteiger partial charge in [-0.2, -0.15) is 0 Å². The van der Waals surface area contributed by atoms with E-state index in [1.807, 2.05) is 0 Å². The van der Waals surface area contributed by atoms with Crippen molar-refractivity contribution in [3.8, 4) is 0 Å². The molecule has 2 aliphatic heterocycles. The first-order chi connectivity index (χ1) is 7.86. The van der Waals surface area contributed by atoms with Gasteiger partial charge in [-0.1, -0.05) is 0 Å². The number of hydrogen-bond acceptors (Lipinski definition) is 5. The van der Waals surface area contributed by atoms with Gasteiger partial charge < -0.3 is 5.32 Å². The molecule has 1 N–H and O–H groups in total. The summed E-state index contributed by atoms with van der Waals surface area (Å²) in [5, 5.41) is 3.40. The highest BCUT2D eigenvalue weighted by Gasteiger charge is 2.28. The summed E-state index contributed by atoms with van der Waals surface area (Å²) in [5.41, 5.74) is 0. The van der Waals surface area contributed by atoms with E-state index in [0.29, 0.717) is 25.7 Å². The highest BCUT2D eigenvalue weighted by Crippen LogP contribution is 2.17. The molecule has 2 aliphatic rings. The monoisotopic (exact) mass is 281 g/mol. The molecule has 0 radical (unpaired) electrons. The van der Waals surface area contributed by atoms with Crippen molar-refractivity contribution in [2.45, 2.75) is 37.8 Å². The van der Waals surface area contributed by atoms with E-state index in [2.05, 4.69) is 5.32 Å². The number of rotatable bonds is 2. The van der Waals surface area contributed by atoms with Crippen LogP contribution in [-0.2, 0) is 19.7 Å². The number of sulfone groups is 2. The lowest BCUT2D eigenvalue weighted by atomic mass is 10.1. The maximum Gasteiger partial charge on any atom is 0.150 e. The van der Waals surface area contributed by atoms with E-state index < -0.39 is 19.7 Å². The van der Waals surface area contributed by atoms with Gasteiger partial charge >= 0.3 is 0 Å². The molecule has 0 unspecified atom stereocenters. The van der Waals surface area contributed by atoms with E-state index in [1.54, 1.807) is 0 Å². The SMILES string of the molecule is O=S1(=O)CCC(NC2CCS(=O)(=O)CC2)CC1. The number of nitrogens with one attached hydrogen (secondary N) is 1. The molecule has 0 aliphatic carbocycles. The van der Waals surface area contributed by atoms with Crippen LogP contribution in [0.3, 0.4) is 0 Å². The Kier molecular flexibility index (Phi) is 3.80. The third kappa shape index (κ3) is 3.93. The smallest absolute Gasteiger partial charge is 0.150 e. The summed E-state index contributed by atoms with van der Waals surface area (Å²) in [4.78, 5) is 0. The van der Waals surface area contributed by atoms with Crippen molar-refractivity contribution >= 4 is 19.7 Å². The molecule has 17 heavy (non-hydrogen) atoms. The highest BCUT2D eigenvalue weighted by atomic mass is 32.2. The zero-order valence-corrected chi connectivity index (χ0v) is 11.4. The molecule has 0 amide bonds. The standard InChI is InChI=1S/C10H19NO4S2/c12-16(13)5-1-9(2-6-16)11-10-3-7-17(14,15)8-4-10/h9-11H,1-8H2. The van der Waals surface area contributed by atoms with Crippen molar-refractivity contribution in [3.05, 3.63) is 0 Å². The summed E-state index contributed by atoms with van der Waals surface area (Å²) in [7, 11) is -5.62. The molecule has 0 aromatic carbocycles. The van der Waals surface area contributed by atoms with E-state index in [1.165, 1.54) is 0 Å². The van der Waals surface area contributed by atoms with E-state index >= 15 is 0 Å². The zero-order chi connectivity index (χ0) is 12.5. The Morgan fingerprint density at radius 1 is 0.647 bits per heavy atom. The predicted molar refractivity (Wildman–Crippen MR) is 66.5 cm³/mol. The summed E-state index contributed by atoms with van der Waals surface area (Å²) in [5.74, 6) is 1.04. The van der Waals surface area contributed by atoms with Crippen molar-refractivity contribution in [2.24, 2.45) is 0 Å². The van der Waals surface area contributed by atoms with E-state index in [4.69, 9.17) is 0 Å². The Hall–Kier alpha value is -0.140. The van der Waals surface area contributed by atoms with Crippen LogP contribution in [-0.4, -0.2) is 51.9 Å². The van der Waals surface area contributed by atoms with Crippen molar-refractivity contribution in [1.82, 2.24) is 5.32 Å². The van der Waals surface area contributed by atoms with Crippen LogP contribution in [0.1, 0.15) is 25.7 Å². The first kappa shape index (κ1) is 13.3. The highest BCUT2D eigenvalue weighted by molar-refractivity contribution is 7.91. The molecule has 2 rings (SSSR count). The van der Waals surface area contributed by atoms with E-state index in [-0.39, 0.29) is 35.1 Å². The summed E-state index contributed by atoms with van der Waals surface area (Å²) >= 11 is 0. The first-order valence-corrected chi connectivity index (χ1v) is 9.67. The fraction of sp³-hybridized carbons (Fsp3) is 1.00. The maximum absolute atomic E-state index is 11.3. The van der Waals surface area contributed by atoms with Gasteiger partial charge in [0.05, 0.1) is 23.0 Å². The Balaban J connectivity index is 1.80. The van der Waals surface area contributed by atoms with Crippen LogP contribution in [0.4, 0.5) is 0 Å². The van der Waals surface area contributed by atoms with Crippen LogP contribution in [0.15, 0.2) is 0 Å². The molecule has 2 heterocycles. The molecule has 0 saturated carbocycles. The van der Waals surface area contributed by atoms with Crippen LogP contribution < -0.4 is 5.32 Å². The van der Waals surface area contributed by atoms with Gasteiger partial charge in [-0.25, -0.2) is 16.8 Å². The van der Waals surface area contributed by atoms with Crippen molar-refractivity contribution in [2.75, 3.05) is 23.0 Å². The third-order valence-electron chi connectivity index (χ3n) is 3.58. The lowest BCUT2D eigenvalue weighted by Gasteiger charge is -2.30. The lowest BCUT2D eigenvalue weighted by molar-refractivity contribution is 0.377. The summed E-state index contributed by atoms with van der Waals surface area (Å²) < 4.78 is 45.1. The molecule has 0 bridgehead atoms. The molecular weight excluding hydrogens is 262 g/mol. The topological polar surface area (TPSA) is 80.3 Å². The molecule has 2 fully saturated rings.